The number of aliphatic hydroxyl groups excluding tert-OH is 1. The molecular formula is C19H20N2O2S. The van der Waals surface area contributed by atoms with Crippen LogP contribution in [0.2, 0.25) is 0 Å². The lowest BCUT2D eigenvalue weighted by atomic mass is 10.2. The first-order valence-corrected chi connectivity index (χ1v) is 8.69. The standard InChI is InChI=1S/C19H20N2O2S/c1-2-11-21(12-13-22)19(23)16-8-4-6-10-18(16)24-17-9-5-3-7-15(17)14-20/h3-10,22H,2,11-13H2,1H3. The fourth-order valence-electron chi connectivity index (χ4n) is 2.37. The molecule has 2 rings (SSSR count). The van der Waals surface area contributed by atoms with Crippen molar-refractivity contribution in [3.63, 3.8) is 0 Å². The van der Waals surface area contributed by atoms with Crippen LogP contribution in [0, 0.1) is 11.3 Å². The minimum absolute atomic E-state index is 0.0572. The number of nitriles is 1. The number of rotatable bonds is 7. The Morgan fingerprint density at radius 1 is 1.12 bits per heavy atom. The van der Waals surface area contributed by atoms with Crippen molar-refractivity contribution in [2.24, 2.45) is 0 Å². The summed E-state index contributed by atoms with van der Waals surface area (Å²) in [6.45, 7) is 2.87. The topological polar surface area (TPSA) is 64.3 Å². The van der Waals surface area contributed by atoms with Crippen molar-refractivity contribution in [1.82, 2.24) is 4.90 Å². The lowest BCUT2D eigenvalue weighted by Gasteiger charge is -2.22. The highest BCUT2D eigenvalue weighted by Crippen LogP contribution is 2.33. The van der Waals surface area contributed by atoms with E-state index in [-0.39, 0.29) is 12.5 Å². The summed E-state index contributed by atoms with van der Waals surface area (Å²) >= 11 is 1.41. The summed E-state index contributed by atoms with van der Waals surface area (Å²) in [7, 11) is 0. The zero-order valence-electron chi connectivity index (χ0n) is 13.6. The maximum Gasteiger partial charge on any atom is 0.255 e. The third-order valence-electron chi connectivity index (χ3n) is 3.50. The Balaban J connectivity index is 2.33. The molecular weight excluding hydrogens is 320 g/mol. The van der Waals surface area contributed by atoms with Crippen LogP contribution in [0.15, 0.2) is 58.3 Å². The Bertz CT molecular complexity index is 734. The minimum atomic E-state index is -0.0940. The number of carbonyl (C=O) groups excluding carboxylic acids is 1. The molecule has 0 saturated heterocycles. The summed E-state index contributed by atoms with van der Waals surface area (Å²) < 4.78 is 0. The number of benzene rings is 2. The summed E-state index contributed by atoms with van der Waals surface area (Å²) in [6, 6.07) is 16.9. The molecule has 124 valence electrons. The predicted molar refractivity (Wildman–Crippen MR) is 95.0 cm³/mol. The molecule has 1 amide bonds. The van der Waals surface area contributed by atoms with Gasteiger partial charge in [-0.3, -0.25) is 4.79 Å². The van der Waals surface area contributed by atoms with E-state index in [1.54, 1.807) is 17.0 Å². The maximum atomic E-state index is 12.8. The average Bonchev–Trinajstić information content (AvgIpc) is 2.62. The van der Waals surface area contributed by atoms with Gasteiger partial charge in [0.05, 0.1) is 17.7 Å². The molecule has 0 unspecified atom stereocenters. The average molecular weight is 340 g/mol. The molecule has 0 saturated carbocycles. The van der Waals surface area contributed by atoms with Gasteiger partial charge in [0.1, 0.15) is 6.07 Å². The minimum Gasteiger partial charge on any atom is -0.395 e. The third kappa shape index (κ3) is 4.38. The van der Waals surface area contributed by atoms with Crippen LogP contribution in [0.25, 0.3) is 0 Å². The van der Waals surface area contributed by atoms with Crippen molar-refractivity contribution in [3.8, 4) is 6.07 Å². The summed E-state index contributed by atoms with van der Waals surface area (Å²) in [5.74, 6) is -0.0940. The summed E-state index contributed by atoms with van der Waals surface area (Å²) in [4.78, 5) is 16.1. The summed E-state index contributed by atoms with van der Waals surface area (Å²) in [6.07, 6.45) is 0.832. The van der Waals surface area contributed by atoms with Crippen molar-refractivity contribution < 1.29 is 9.90 Å². The molecule has 0 spiro atoms. The largest absolute Gasteiger partial charge is 0.395 e. The van der Waals surface area contributed by atoms with Crippen LogP contribution in [-0.4, -0.2) is 35.6 Å². The van der Waals surface area contributed by atoms with Crippen LogP contribution in [-0.2, 0) is 0 Å². The maximum absolute atomic E-state index is 12.8. The van der Waals surface area contributed by atoms with Gasteiger partial charge >= 0.3 is 0 Å². The highest BCUT2D eigenvalue weighted by atomic mass is 32.2. The zero-order valence-corrected chi connectivity index (χ0v) is 14.4. The number of aliphatic hydroxyl groups is 1. The van der Waals surface area contributed by atoms with Crippen LogP contribution in [0.3, 0.4) is 0 Å². The summed E-state index contributed by atoms with van der Waals surface area (Å²) in [5.41, 5.74) is 1.18. The predicted octanol–water partition coefficient (Wildman–Crippen LogP) is 3.55. The van der Waals surface area contributed by atoms with E-state index in [4.69, 9.17) is 0 Å². The van der Waals surface area contributed by atoms with E-state index in [0.29, 0.717) is 24.2 Å². The van der Waals surface area contributed by atoms with Crippen LogP contribution in [0.1, 0.15) is 29.3 Å². The van der Waals surface area contributed by atoms with Gasteiger partial charge in [0.15, 0.2) is 0 Å². The molecule has 0 aliphatic heterocycles. The molecule has 0 aliphatic rings. The first kappa shape index (κ1) is 18.1. The van der Waals surface area contributed by atoms with Gasteiger partial charge in [-0.2, -0.15) is 5.26 Å². The van der Waals surface area contributed by atoms with Gasteiger partial charge in [-0.15, -0.1) is 0 Å². The fourth-order valence-corrected chi connectivity index (χ4v) is 3.39. The summed E-state index contributed by atoms with van der Waals surface area (Å²) in [5, 5.41) is 18.4. The first-order valence-electron chi connectivity index (χ1n) is 7.87. The number of carbonyl (C=O) groups is 1. The lowest BCUT2D eigenvalue weighted by molar-refractivity contribution is 0.0718. The third-order valence-corrected chi connectivity index (χ3v) is 4.65. The second-order valence-corrected chi connectivity index (χ2v) is 6.31. The fraction of sp³-hybridized carbons (Fsp3) is 0.263. The van der Waals surface area contributed by atoms with E-state index in [2.05, 4.69) is 6.07 Å². The van der Waals surface area contributed by atoms with Crippen molar-refractivity contribution in [1.29, 1.82) is 5.26 Å². The molecule has 2 aromatic rings. The molecule has 24 heavy (non-hydrogen) atoms. The molecule has 2 aromatic carbocycles. The Hall–Kier alpha value is -2.29. The van der Waals surface area contributed by atoms with E-state index in [1.807, 2.05) is 43.3 Å². The van der Waals surface area contributed by atoms with Gasteiger partial charge < -0.3 is 10.0 Å². The van der Waals surface area contributed by atoms with Crippen molar-refractivity contribution in [2.45, 2.75) is 23.1 Å². The molecule has 0 bridgehead atoms. The normalized spacial score (nSPS) is 10.2. The number of hydrogen-bond acceptors (Lipinski definition) is 4. The molecule has 5 heteroatoms. The Morgan fingerprint density at radius 3 is 2.46 bits per heavy atom. The van der Waals surface area contributed by atoms with Crippen LogP contribution < -0.4 is 0 Å². The van der Waals surface area contributed by atoms with Gasteiger partial charge in [0, 0.05) is 22.9 Å². The Morgan fingerprint density at radius 2 is 1.79 bits per heavy atom. The van der Waals surface area contributed by atoms with Gasteiger partial charge in [-0.1, -0.05) is 43.0 Å². The molecule has 0 heterocycles. The van der Waals surface area contributed by atoms with E-state index in [1.165, 1.54) is 11.8 Å². The lowest BCUT2D eigenvalue weighted by Crippen LogP contribution is -2.34. The number of hydrogen-bond donors (Lipinski definition) is 1. The Labute approximate surface area is 146 Å². The van der Waals surface area contributed by atoms with E-state index < -0.39 is 0 Å². The van der Waals surface area contributed by atoms with E-state index in [9.17, 15) is 15.2 Å². The van der Waals surface area contributed by atoms with E-state index >= 15 is 0 Å². The number of nitrogens with zero attached hydrogens (tertiary/aromatic N) is 2. The van der Waals surface area contributed by atoms with Crippen molar-refractivity contribution >= 4 is 17.7 Å². The van der Waals surface area contributed by atoms with Crippen molar-refractivity contribution in [2.75, 3.05) is 19.7 Å². The van der Waals surface area contributed by atoms with Gasteiger partial charge in [0.2, 0.25) is 0 Å². The molecule has 4 nitrogen and oxygen atoms in total. The second-order valence-electron chi connectivity index (χ2n) is 5.22. The smallest absolute Gasteiger partial charge is 0.255 e. The van der Waals surface area contributed by atoms with Gasteiger partial charge in [-0.25, -0.2) is 0 Å². The molecule has 0 aliphatic carbocycles. The van der Waals surface area contributed by atoms with Gasteiger partial charge in [-0.05, 0) is 30.7 Å². The van der Waals surface area contributed by atoms with E-state index in [0.717, 1.165) is 16.2 Å². The van der Waals surface area contributed by atoms with Gasteiger partial charge in [0.25, 0.3) is 5.91 Å². The Kier molecular flexibility index (Phi) is 6.86. The monoisotopic (exact) mass is 340 g/mol. The molecule has 0 atom stereocenters. The van der Waals surface area contributed by atoms with Crippen molar-refractivity contribution in [3.05, 3.63) is 59.7 Å². The number of amides is 1. The van der Waals surface area contributed by atoms with Crippen LogP contribution >= 0.6 is 11.8 Å². The highest BCUT2D eigenvalue weighted by Gasteiger charge is 2.18. The van der Waals surface area contributed by atoms with Crippen LogP contribution in [0.4, 0.5) is 0 Å². The SMILES string of the molecule is CCCN(CCO)C(=O)c1ccccc1Sc1ccccc1C#N. The quantitative estimate of drug-likeness (QED) is 0.837. The second kappa shape index (κ2) is 9.11. The molecule has 0 radical (unpaired) electrons. The molecule has 0 aromatic heterocycles. The molecule has 0 fully saturated rings. The first-order chi connectivity index (χ1) is 11.7. The highest BCUT2D eigenvalue weighted by molar-refractivity contribution is 7.99. The molecule has 1 N–H and O–H groups in total. The zero-order chi connectivity index (χ0) is 17.4. The van der Waals surface area contributed by atoms with Crippen LogP contribution in [0.5, 0.6) is 0 Å².